The third kappa shape index (κ3) is 1.79. The minimum absolute atomic E-state index is 0.242. The zero-order chi connectivity index (χ0) is 9.97. The van der Waals surface area contributed by atoms with E-state index in [4.69, 9.17) is 4.74 Å². The molecule has 0 amide bonds. The van der Waals surface area contributed by atoms with Gasteiger partial charge in [0.25, 0.3) is 0 Å². The zero-order valence-corrected chi connectivity index (χ0v) is 8.27. The van der Waals surface area contributed by atoms with Gasteiger partial charge in [-0.15, -0.1) is 0 Å². The molecule has 2 heteroatoms. The predicted octanol–water partition coefficient (Wildman–Crippen LogP) is 2.39. The minimum Gasteiger partial charge on any atom is -0.494 e. The van der Waals surface area contributed by atoms with Crippen molar-refractivity contribution >= 4 is 6.29 Å². The number of carbonyl (C=O) groups is 1. The molecule has 1 aromatic rings. The first-order valence-corrected chi connectivity index (χ1v) is 5.03. The monoisotopic (exact) mass is 190 g/mol. The van der Waals surface area contributed by atoms with Crippen LogP contribution in [0.2, 0.25) is 0 Å². The number of rotatable bonds is 4. The molecule has 1 saturated carbocycles. The van der Waals surface area contributed by atoms with Crippen LogP contribution in [0.1, 0.15) is 24.8 Å². The topological polar surface area (TPSA) is 26.3 Å². The van der Waals surface area contributed by atoms with Gasteiger partial charge in [-0.1, -0.05) is 12.1 Å². The molecule has 0 saturated heterocycles. The van der Waals surface area contributed by atoms with E-state index >= 15 is 0 Å². The van der Waals surface area contributed by atoms with Crippen LogP contribution >= 0.6 is 0 Å². The number of carbonyl (C=O) groups excluding carboxylic acids is 1. The van der Waals surface area contributed by atoms with Crippen molar-refractivity contribution in [3.05, 3.63) is 29.8 Å². The van der Waals surface area contributed by atoms with Crippen LogP contribution in [0.4, 0.5) is 0 Å². The molecule has 74 valence electrons. The Morgan fingerprint density at radius 3 is 3.07 bits per heavy atom. The molecule has 2 atom stereocenters. The molecule has 1 aliphatic rings. The van der Waals surface area contributed by atoms with Gasteiger partial charge in [0, 0.05) is 5.92 Å². The van der Waals surface area contributed by atoms with Crippen molar-refractivity contribution in [3.8, 4) is 5.75 Å². The van der Waals surface area contributed by atoms with Crippen molar-refractivity contribution in [1.82, 2.24) is 0 Å². The van der Waals surface area contributed by atoms with Crippen molar-refractivity contribution in [2.75, 3.05) is 6.61 Å². The average molecular weight is 190 g/mol. The SMILES string of the molecule is CCOc1cccc([C@@H]2C[C@H]2C=O)c1. The Morgan fingerprint density at radius 1 is 1.57 bits per heavy atom. The van der Waals surface area contributed by atoms with Crippen LogP contribution in [-0.2, 0) is 4.79 Å². The summed E-state index contributed by atoms with van der Waals surface area (Å²) in [6, 6.07) is 8.04. The van der Waals surface area contributed by atoms with Crippen molar-refractivity contribution in [1.29, 1.82) is 0 Å². The third-order valence-corrected chi connectivity index (χ3v) is 2.61. The van der Waals surface area contributed by atoms with Crippen LogP contribution in [0, 0.1) is 5.92 Å². The maximum absolute atomic E-state index is 10.5. The van der Waals surface area contributed by atoms with Crippen molar-refractivity contribution in [2.45, 2.75) is 19.3 Å². The largest absolute Gasteiger partial charge is 0.494 e. The lowest BCUT2D eigenvalue weighted by Crippen LogP contribution is -1.92. The predicted molar refractivity (Wildman–Crippen MR) is 54.5 cm³/mol. The first kappa shape index (κ1) is 9.25. The molecule has 1 aromatic carbocycles. The van der Waals surface area contributed by atoms with Gasteiger partial charge >= 0.3 is 0 Å². The first-order chi connectivity index (χ1) is 6.85. The Labute approximate surface area is 83.9 Å². The van der Waals surface area contributed by atoms with Crippen molar-refractivity contribution in [3.63, 3.8) is 0 Å². The van der Waals surface area contributed by atoms with E-state index in [9.17, 15) is 4.79 Å². The molecule has 2 nitrogen and oxygen atoms in total. The lowest BCUT2D eigenvalue weighted by Gasteiger charge is -2.04. The summed E-state index contributed by atoms with van der Waals surface area (Å²) in [4.78, 5) is 10.5. The van der Waals surface area contributed by atoms with Crippen LogP contribution in [0.3, 0.4) is 0 Å². The molecule has 0 bridgehead atoms. The van der Waals surface area contributed by atoms with Crippen LogP contribution in [-0.4, -0.2) is 12.9 Å². The van der Waals surface area contributed by atoms with E-state index in [1.54, 1.807) is 0 Å². The Balaban J connectivity index is 2.11. The summed E-state index contributed by atoms with van der Waals surface area (Å²) in [5.74, 6) is 1.58. The average Bonchev–Trinajstić information content (AvgIpc) is 2.98. The Bertz CT molecular complexity index is 333. The summed E-state index contributed by atoms with van der Waals surface area (Å²) >= 11 is 0. The van der Waals surface area contributed by atoms with E-state index in [1.807, 2.05) is 25.1 Å². The fourth-order valence-electron chi connectivity index (χ4n) is 1.75. The Kier molecular flexibility index (Phi) is 2.53. The van der Waals surface area contributed by atoms with E-state index < -0.39 is 0 Å². The molecule has 0 spiro atoms. The smallest absolute Gasteiger partial charge is 0.123 e. The molecule has 0 unspecified atom stereocenters. The molecule has 0 N–H and O–H groups in total. The standard InChI is InChI=1S/C12H14O2/c1-2-14-11-5-3-4-9(6-11)12-7-10(12)8-13/h3-6,8,10,12H,2,7H2,1H3/t10-,12-/m0/s1. The second kappa shape index (κ2) is 3.82. The molecular formula is C12H14O2. The molecular weight excluding hydrogens is 176 g/mol. The van der Waals surface area contributed by atoms with Gasteiger partial charge in [0.1, 0.15) is 12.0 Å². The Morgan fingerprint density at radius 2 is 2.43 bits per heavy atom. The minimum atomic E-state index is 0.242. The summed E-state index contributed by atoms with van der Waals surface area (Å²) in [7, 11) is 0. The highest BCUT2D eigenvalue weighted by Gasteiger charge is 2.37. The van der Waals surface area contributed by atoms with Gasteiger partial charge in [0.2, 0.25) is 0 Å². The highest BCUT2D eigenvalue weighted by atomic mass is 16.5. The number of benzene rings is 1. The molecule has 1 fully saturated rings. The molecule has 0 aliphatic heterocycles. The Hall–Kier alpha value is -1.31. The molecule has 0 heterocycles. The van der Waals surface area contributed by atoms with Gasteiger partial charge in [0.05, 0.1) is 6.61 Å². The van der Waals surface area contributed by atoms with Gasteiger partial charge in [-0.05, 0) is 37.0 Å². The van der Waals surface area contributed by atoms with Gasteiger partial charge in [-0.25, -0.2) is 0 Å². The highest BCUT2D eigenvalue weighted by molar-refractivity contribution is 5.61. The molecule has 2 rings (SSSR count). The van der Waals surface area contributed by atoms with E-state index in [2.05, 4.69) is 6.07 Å². The summed E-state index contributed by atoms with van der Waals surface area (Å²) in [5, 5.41) is 0. The fraction of sp³-hybridized carbons (Fsp3) is 0.417. The normalized spacial score (nSPS) is 24.4. The van der Waals surface area contributed by atoms with Crippen molar-refractivity contribution < 1.29 is 9.53 Å². The lowest BCUT2D eigenvalue weighted by atomic mass is 10.1. The maximum Gasteiger partial charge on any atom is 0.123 e. The van der Waals surface area contributed by atoms with Crippen LogP contribution < -0.4 is 4.74 Å². The van der Waals surface area contributed by atoms with Gasteiger partial charge in [-0.2, -0.15) is 0 Å². The number of ether oxygens (including phenoxy) is 1. The lowest BCUT2D eigenvalue weighted by molar-refractivity contribution is -0.108. The van der Waals surface area contributed by atoms with E-state index in [1.165, 1.54) is 5.56 Å². The highest BCUT2D eigenvalue weighted by Crippen LogP contribution is 2.46. The number of hydrogen-bond acceptors (Lipinski definition) is 2. The maximum atomic E-state index is 10.5. The van der Waals surface area contributed by atoms with Gasteiger partial charge in [0.15, 0.2) is 0 Å². The molecule has 1 aliphatic carbocycles. The van der Waals surface area contributed by atoms with Crippen molar-refractivity contribution in [2.24, 2.45) is 5.92 Å². The summed E-state index contributed by atoms with van der Waals surface area (Å²) in [6.07, 6.45) is 2.05. The third-order valence-electron chi connectivity index (χ3n) is 2.61. The summed E-state index contributed by atoms with van der Waals surface area (Å²) < 4.78 is 5.40. The summed E-state index contributed by atoms with van der Waals surface area (Å²) in [5.41, 5.74) is 1.23. The van der Waals surface area contributed by atoms with Gasteiger partial charge < -0.3 is 9.53 Å². The van der Waals surface area contributed by atoms with Gasteiger partial charge in [-0.3, -0.25) is 0 Å². The quantitative estimate of drug-likeness (QED) is 0.681. The number of hydrogen-bond donors (Lipinski definition) is 0. The fourth-order valence-corrected chi connectivity index (χ4v) is 1.75. The molecule has 0 radical (unpaired) electrons. The van der Waals surface area contributed by atoms with Crippen LogP contribution in [0.15, 0.2) is 24.3 Å². The van der Waals surface area contributed by atoms with E-state index in [-0.39, 0.29) is 5.92 Å². The molecule has 14 heavy (non-hydrogen) atoms. The zero-order valence-electron chi connectivity index (χ0n) is 8.27. The first-order valence-electron chi connectivity index (χ1n) is 5.03. The van der Waals surface area contributed by atoms with E-state index in [0.717, 1.165) is 18.5 Å². The molecule has 0 aromatic heterocycles. The second-order valence-electron chi connectivity index (χ2n) is 3.65. The van der Waals surface area contributed by atoms with Crippen LogP contribution in [0.5, 0.6) is 5.75 Å². The summed E-state index contributed by atoms with van der Waals surface area (Å²) in [6.45, 7) is 2.66. The second-order valence-corrected chi connectivity index (χ2v) is 3.65. The van der Waals surface area contributed by atoms with Crippen LogP contribution in [0.25, 0.3) is 0 Å². The number of aldehydes is 1. The van der Waals surface area contributed by atoms with E-state index in [0.29, 0.717) is 12.5 Å².